The second-order valence-corrected chi connectivity index (χ2v) is 6.41. The zero-order valence-electron chi connectivity index (χ0n) is 12.3. The summed E-state index contributed by atoms with van der Waals surface area (Å²) in [4.78, 5) is 4.70. The summed E-state index contributed by atoms with van der Waals surface area (Å²) < 4.78 is 16.3. The van der Waals surface area contributed by atoms with Gasteiger partial charge in [-0.05, 0) is 42.5 Å². The second kappa shape index (κ2) is 5.89. The van der Waals surface area contributed by atoms with Gasteiger partial charge in [0.2, 0.25) is 0 Å². The Labute approximate surface area is 137 Å². The number of rotatable bonds is 3. The molecule has 0 aliphatic heterocycles. The topological polar surface area (TPSA) is 16.8 Å². The van der Waals surface area contributed by atoms with Crippen LogP contribution >= 0.6 is 11.3 Å². The van der Waals surface area contributed by atoms with Crippen LogP contribution in [-0.4, -0.2) is 4.98 Å². The molecule has 2 heterocycles. The van der Waals surface area contributed by atoms with E-state index >= 15 is 0 Å². The lowest BCUT2D eigenvalue weighted by Gasteiger charge is -1.99. The molecule has 2 aromatic heterocycles. The summed E-state index contributed by atoms with van der Waals surface area (Å²) in [6, 6.07) is 18.9. The predicted molar refractivity (Wildman–Crippen MR) is 90.8 cm³/mol. The van der Waals surface area contributed by atoms with E-state index in [0.29, 0.717) is 6.54 Å². The maximum absolute atomic E-state index is 13.0. The molecule has 112 valence electrons. The van der Waals surface area contributed by atoms with E-state index in [1.807, 2.05) is 42.6 Å². The van der Waals surface area contributed by atoms with Gasteiger partial charge in [-0.25, -0.2) is 13.9 Å². The lowest BCUT2D eigenvalue weighted by atomic mass is 10.2. The molecular formula is C19H14FN2S+. The van der Waals surface area contributed by atoms with Crippen molar-refractivity contribution in [3.8, 4) is 10.6 Å². The highest BCUT2D eigenvalue weighted by Crippen LogP contribution is 2.29. The molecule has 0 spiro atoms. The van der Waals surface area contributed by atoms with Crippen LogP contribution in [0.15, 0.2) is 73.1 Å². The molecule has 0 N–H and O–H groups in total. The molecule has 0 saturated carbocycles. The molecule has 0 radical (unpaired) electrons. The van der Waals surface area contributed by atoms with E-state index < -0.39 is 0 Å². The smallest absolute Gasteiger partial charge is 0.179 e. The van der Waals surface area contributed by atoms with Gasteiger partial charge >= 0.3 is 0 Å². The van der Waals surface area contributed by atoms with Crippen LogP contribution in [0.2, 0.25) is 0 Å². The highest BCUT2D eigenvalue weighted by molar-refractivity contribution is 7.21. The average molecular weight is 321 g/mol. The Kier molecular flexibility index (Phi) is 3.60. The van der Waals surface area contributed by atoms with Crippen molar-refractivity contribution in [2.75, 3.05) is 0 Å². The molecule has 23 heavy (non-hydrogen) atoms. The van der Waals surface area contributed by atoms with Gasteiger partial charge in [-0.2, -0.15) is 0 Å². The molecule has 0 fully saturated rings. The fraction of sp³-hybridized carbons (Fsp3) is 0.0526. The number of hydrogen-bond acceptors (Lipinski definition) is 2. The molecule has 0 saturated heterocycles. The van der Waals surface area contributed by atoms with Crippen LogP contribution in [0.3, 0.4) is 0 Å². The molecule has 0 unspecified atom stereocenters. The third-order valence-corrected chi connectivity index (χ3v) is 4.76. The van der Waals surface area contributed by atoms with Crippen LogP contribution in [0.25, 0.3) is 20.8 Å². The highest BCUT2D eigenvalue weighted by Gasteiger charge is 2.10. The average Bonchev–Trinajstić information content (AvgIpc) is 3.01. The molecule has 2 nitrogen and oxygen atoms in total. The minimum Gasteiger partial charge on any atom is -0.236 e. The van der Waals surface area contributed by atoms with Gasteiger partial charge in [0.25, 0.3) is 0 Å². The van der Waals surface area contributed by atoms with Crippen LogP contribution in [0, 0.1) is 5.82 Å². The third kappa shape index (κ3) is 2.98. The Morgan fingerprint density at radius 3 is 2.61 bits per heavy atom. The van der Waals surface area contributed by atoms with Crippen LogP contribution in [-0.2, 0) is 6.54 Å². The van der Waals surface area contributed by atoms with Crippen LogP contribution in [0.4, 0.5) is 4.39 Å². The van der Waals surface area contributed by atoms with E-state index in [1.54, 1.807) is 11.3 Å². The number of para-hydroxylation sites is 1. The summed E-state index contributed by atoms with van der Waals surface area (Å²) in [5, 5.41) is 1.01. The van der Waals surface area contributed by atoms with Gasteiger partial charge < -0.3 is 0 Å². The summed E-state index contributed by atoms with van der Waals surface area (Å²) in [6.07, 6.45) is 4.10. The van der Waals surface area contributed by atoms with Crippen molar-refractivity contribution in [2.45, 2.75) is 6.54 Å². The van der Waals surface area contributed by atoms with Crippen LogP contribution in [0.1, 0.15) is 5.56 Å². The number of thiazole rings is 1. The zero-order chi connectivity index (χ0) is 15.6. The van der Waals surface area contributed by atoms with Gasteiger partial charge in [0.05, 0.1) is 15.8 Å². The van der Waals surface area contributed by atoms with Gasteiger partial charge in [-0.3, -0.25) is 0 Å². The first kappa shape index (κ1) is 14.0. The molecule has 0 amide bonds. The van der Waals surface area contributed by atoms with Crippen molar-refractivity contribution >= 4 is 21.6 Å². The summed E-state index contributed by atoms with van der Waals surface area (Å²) >= 11 is 1.69. The van der Waals surface area contributed by atoms with E-state index in [9.17, 15) is 4.39 Å². The van der Waals surface area contributed by atoms with Gasteiger partial charge in [-0.15, -0.1) is 11.3 Å². The first-order chi connectivity index (χ1) is 11.3. The lowest BCUT2D eigenvalue weighted by Crippen LogP contribution is -2.33. The molecule has 0 aliphatic rings. The first-order valence-corrected chi connectivity index (χ1v) is 8.19. The molecule has 4 heteroatoms. The van der Waals surface area contributed by atoms with Crippen molar-refractivity contribution in [3.05, 3.63) is 84.4 Å². The van der Waals surface area contributed by atoms with Gasteiger partial charge in [-0.1, -0.05) is 12.1 Å². The number of fused-ring (bicyclic) bond motifs is 1. The number of hydrogen-bond donors (Lipinski definition) is 0. The zero-order valence-corrected chi connectivity index (χ0v) is 13.1. The monoisotopic (exact) mass is 321 g/mol. The molecule has 0 atom stereocenters. The first-order valence-electron chi connectivity index (χ1n) is 7.37. The molecule has 4 aromatic rings. The number of halogens is 1. The maximum Gasteiger partial charge on any atom is 0.179 e. The van der Waals surface area contributed by atoms with Crippen molar-refractivity contribution in [1.82, 2.24) is 4.98 Å². The quantitative estimate of drug-likeness (QED) is 0.510. The van der Waals surface area contributed by atoms with Gasteiger partial charge in [0.1, 0.15) is 10.8 Å². The minimum absolute atomic E-state index is 0.207. The standard InChI is InChI=1S/C19H14FN2S/c20-16-9-7-14(8-10-16)12-22-11-3-4-15(13-22)19-21-17-5-1-2-6-18(17)23-19/h1-11,13H,12H2/q+1. The molecular weight excluding hydrogens is 307 g/mol. The largest absolute Gasteiger partial charge is 0.236 e. The van der Waals surface area contributed by atoms with E-state index in [4.69, 9.17) is 4.98 Å². The van der Waals surface area contributed by atoms with Gasteiger partial charge in [0.15, 0.2) is 18.9 Å². The summed E-state index contributed by atoms with van der Waals surface area (Å²) in [5.41, 5.74) is 3.19. The molecule has 0 aliphatic carbocycles. The van der Waals surface area contributed by atoms with E-state index in [1.165, 1.54) is 16.8 Å². The van der Waals surface area contributed by atoms with Crippen molar-refractivity contribution in [3.63, 3.8) is 0 Å². The fourth-order valence-corrected chi connectivity index (χ4v) is 3.50. The Balaban J connectivity index is 1.66. The number of aromatic nitrogens is 2. The molecule has 2 aromatic carbocycles. The van der Waals surface area contributed by atoms with Gasteiger partial charge in [0, 0.05) is 11.6 Å². The fourth-order valence-electron chi connectivity index (χ4n) is 2.54. The third-order valence-electron chi connectivity index (χ3n) is 3.68. The summed E-state index contributed by atoms with van der Waals surface area (Å²) in [6.45, 7) is 0.707. The molecule has 4 rings (SSSR count). The van der Waals surface area contributed by atoms with E-state index in [2.05, 4.69) is 22.9 Å². The van der Waals surface area contributed by atoms with Crippen molar-refractivity contribution in [2.24, 2.45) is 0 Å². The molecule has 0 bridgehead atoms. The van der Waals surface area contributed by atoms with Crippen LogP contribution < -0.4 is 4.57 Å². The maximum atomic E-state index is 13.0. The highest BCUT2D eigenvalue weighted by atomic mass is 32.1. The van der Waals surface area contributed by atoms with E-state index in [0.717, 1.165) is 21.7 Å². The Morgan fingerprint density at radius 1 is 0.957 bits per heavy atom. The Bertz CT molecular complexity index is 927. The SMILES string of the molecule is Fc1ccc(C[n+]2cccc(-c3nc4ccccc4s3)c2)cc1. The number of nitrogens with zero attached hydrogens (tertiary/aromatic N) is 2. The second-order valence-electron chi connectivity index (χ2n) is 5.38. The summed E-state index contributed by atoms with van der Waals surface area (Å²) in [7, 11) is 0. The summed E-state index contributed by atoms with van der Waals surface area (Å²) in [5.74, 6) is -0.207. The number of pyridine rings is 1. The predicted octanol–water partition coefficient (Wildman–Crippen LogP) is 4.44. The van der Waals surface area contributed by atoms with Crippen LogP contribution in [0.5, 0.6) is 0 Å². The van der Waals surface area contributed by atoms with Crippen molar-refractivity contribution < 1.29 is 8.96 Å². The van der Waals surface area contributed by atoms with E-state index in [-0.39, 0.29) is 5.82 Å². The number of benzene rings is 2. The van der Waals surface area contributed by atoms with Crippen molar-refractivity contribution in [1.29, 1.82) is 0 Å². The minimum atomic E-state index is -0.207. The Morgan fingerprint density at radius 2 is 1.78 bits per heavy atom. The normalized spacial score (nSPS) is 11.0. The lowest BCUT2D eigenvalue weighted by molar-refractivity contribution is -0.687. The Hall–Kier alpha value is -2.59.